The van der Waals surface area contributed by atoms with Crippen LogP contribution in [0.4, 0.5) is 29.1 Å². The zero-order chi connectivity index (χ0) is 23.8. The van der Waals surface area contributed by atoms with Gasteiger partial charge in [-0.15, -0.1) is 11.3 Å². The fourth-order valence-electron chi connectivity index (χ4n) is 3.83. The lowest BCUT2D eigenvalue weighted by Gasteiger charge is -2.28. The van der Waals surface area contributed by atoms with Crippen LogP contribution in [0.2, 0.25) is 0 Å². The molecular formula is C22H20F4N4O2S. The van der Waals surface area contributed by atoms with Crippen molar-refractivity contribution in [1.29, 1.82) is 0 Å². The number of nitrogens with one attached hydrogen (secondary N) is 1. The summed E-state index contributed by atoms with van der Waals surface area (Å²) in [5.74, 6) is -1.59. The molecule has 0 amide bonds. The van der Waals surface area contributed by atoms with Crippen molar-refractivity contribution >= 4 is 28.8 Å². The summed E-state index contributed by atoms with van der Waals surface area (Å²) < 4.78 is 54.1. The van der Waals surface area contributed by atoms with Gasteiger partial charge in [0.2, 0.25) is 0 Å². The number of aryl methyl sites for hydroxylation is 1. The van der Waals surface area contributed by atoms with E-state index in [0.29, 0.717) is 35.7 Å². The normalized spacial score (nSPS) is 13.7. The molecule has 174 valence electrons. The molecule has 33 heavy (non-hydrogen) atoms. The van der Waals surface area contributed by atoms with Crippen LogP contribution in [0.3, 0.4) is 0 Å². The monoisotopic (exact) mass is 480 g/mol. The zero-order valence-corrected chi connectivity index (χ0v) is 18.4. The van der Waals surface area contributed by atoms with E-state index < -0.39 is 22.6 Å². The second kappa shape index (κ2) is 8.97. The molecule has 0 fully saturated rings. The van der Waals surface area contributed by atoms with Crippen LogP contribution < -0.4 is 10.2 Å². The van der Waals surface area contributed by atoms with Crippen LogP contribution in [0.1, 0.15) is 32.8 Å². The predicted molar refractivity (Wildman–Crippen MR) is 117 cm³/mol. The lowest BCUT2D eigenvalue weighted by Crippen LogP contribution is -2.25. The van der Waals surface area contributed by atoms with E-state index in [1.165, 1.54) is 12.4 Å². The highest BCUT2D eigenvalue weighted by Crippen LogP contribution is 2.40. The Morgan fingerprint density at radius 1 is 1.24 bits per heavy atom. The van der Waals surface area contributed by atoms with Crippen molar-refractivity contribution in [2.45, 2.75) is 25.4 Å². The summed E-state index contributed by atoms with van der Waals surface area (Å²) in [5, 5.41) is 12.1. The Labute approximate surface area is 190 Å². The standard InChI is InChI=1S/C22H20F4N4O2S/c1-30-6-2-3-13-7-12(15(23)9-17(13)30)4-5-27-19-10-16(28-11-29-19)18-8-14(22(24,25)26)20(33-18)21(31)32/h7-11H,2-6H2,1H3,(H,31,32)(H,27,28,29). The molecule has 6 nitrogen and oxygen atoms in total. The topological polar surface area (TPSA) is 78.4 Å². The molecule has 0 aliphatic carbocycles. The average molecular weight is 480 g/mol. The molecule has 0 saturated heterocycles. The number of halogens is 4. The summed E-state index contributed by atoms with van der Waals surface area (Å²) >= 11 is 0.501. The highest BCUT2D eigenvalue weighted by atomic mass is 32.1. The number of rotatable bonds is 6. The third-order valence-corrected chi connectivity index (χ3v) is 6.60. The molecule has 0 saturated carbocycles. The van der Waals surface area contributed by atoms with Crippen molar-refractivity contribution in [3.05, 3.63) is 58.0 Å². The van der Waals surface area contributed by atoms with Gasteiger partial charge in [-0.05, 0) is 42.5 Å². The Morgan fingerprint density at radius 2 is 2.03 bits per heavy atom. The highest BCUT2D eigenvalue weighted by molar-refractivity contribution is 7.17. The van der Waals surface area contributed by atoms with Crippen LogP contribution in [-0.2, 0) is 19.0 Å². The van der Waals surface area contributed by atoms with E-state index in [1.807, 2.05) is 18.0 Å². The zero-order valence-electron chi connectivity index (χ0n) is 17.5. The van der Waals surface area contributed by atoms with E-state index in [4.69, 9.17) is 5.11 Å². The number of aromatic nitrogens is 2. The second-order valence-electron chi connectivity index (χ2n) is 7.72. The van der Waals surface area contributed by atoms with Crippen molar-refractivity contribution in [3.63, 3.8) is 0 Å². The van der Waals surface area contributed by atoms with Crippen molar-refractivity contribution in [1.82, 2.24) is 9.97 Å². The highest BCUT2D eigenvalue weighted by Gasteiger charge is 2.37. The first-order valence-electron chi connectivity index (χ1n) is 10.2. The average Bonchev–Trinajstić information content (AvgIpc) is 3.22. The quantitative estimate of drug-likeness (QED) is 0.478. The van der Waals surface area contributed by atoms with E-state index in [9.17, 15) is 22.4 Å². The molecule has 1 aromatic carbocycles. The second-order valence-corrected chi connectivity index (χ2v) is 8.77. The summed E-state index contributed by atoms with van der Waals surface area (Å²) in [6.45, 7) is 1.24. The first-order valence-corrected chi connectivity index (χ1v) is 11.0. The number of hydrogen-bond donors (Lipinski definition) is 2. The van der Waals surface area contributed by atoms with Gasteiger partial charge in [0.05, 0.1) is 16.1 Å². The van der Waals surface area contributed by atoms with E-state index in [2.05, 4.69) is 15.3 Å². The third-order valence-electron chi connectivity index (χ3n) is 5.45. The molecule has 0 radical (unpaired) electrons. The molecule has 0 spiro atoms. The van der Waals surface area contributed by atoms with E-state index in [1.54, 1.807) is 6.07 Å². The van der Waals surface area contributed by atoms with Crippen LogP contribution >= 0.6 is 11.3 Å². The molecule has 0 bridgehead atoms. The van der Waals surface area contributed by atoms with Crippen LogP contribution in [0.5, 0.6) is 0 Å². The van der Waals surface area contributed by atoms with Gasteiger partial charge in [0, 0.05) is 31.9 Å². The first-order chi connectivity index (χ1) is 15.6. The molecule has 11 heteroatoms. The maximum Gasteiger partial charge on any atom is 0.418 e. The van der Waals surface area contributed by atoms with Crippen LogP contribution in [0.15, 0.2) is 30.6 Å². The molecule has 1 aliphatic rings. The molecule has 2 N–H and O–H groups in total. The summed E-state index contributed by atoms with van der Waals surface area (Å²) in [4.78, 5) is 20.6. The van der Waals surface area contributed by atoms with Gasteiger partial charge in [-0.2, -0.15) is 13.2 Å². The maximum absolute atomic E-state index is 14.5. The number of aromatic carboxylic acids is 1. The number of hydrogen-bond acceptors (Lipinski definition) is 6. The largest absolute Gasteiger partial charge is 0.477 e. The number of fused-ring (bicyclic) bond motifs is 1. The Kier molecular flexibility index (Phi) is 6.24. The number of nitrogens with zero attached hydrogens (tertiary/aromatic N) is 3. The number of carboxylic acid groups (broad SMARTS) is 1. The summed E-state index contributed by atoms with van der Waals surface area (Å²) in [6, 6.07) is 5.66. The Balaban J connectivity index is 1.48. The van der Waals surface area contributed by atoms with E-state index in [0.717, 1.165) is 36.7 Å². The summed E-state index contributed by atoms with van der Waals surface area (Å²) in [5.41, 5.74) is 1.54. The molecule has 1 aliphatic heterocycles. The smallest absolute Gasteiger partial charge is 0.418 e. The molecule has 0 unspecified atom stereocenters. The van der Waals surface area contributed by atoms with Crippen molar-refractivity contribution in [2.24, 2.45) is 0 Å². The summed E-state index contributed by atoms with van der Waals surface area (Å²) in [7, 11) is 1.94. The van der Waals surface area contributed by atoms with E-state index >= 15 is 0 Å². The van der Waals surface area contributed by atoms with E-state index in [-0.39, 0.29) is 16.4 Å². The maximum atomic E-state index is 14.5. The fourth-order valence-corrected chi connectivity index (χ4v) is 4.82. The Morgan fingerprint density at radius 3 is 2.73 bits per heavy atom. The van der Waals surface area contributed by atoms with Crippen LogP contribution in [0.25, 0.3) is 10.6 Å². The minimum Gasteiger partial charge on any atom is -0.477 e. The lowest BCUT2D eigenvalue weighted by molar-refractivity contribution is -0.137. The van der Waals surface area contributed by atoms with Gasteiger partial charge in [-0.25, -0.2) is 19.2 Å². The van der Waals surface area contributed by atoms with Crippen LogP contribution in [0, 0.1) is 5.82 Å². The Hall–Kier alpha value is -3.21. The number of alkyl halides is 3. The van der Waals surface area contributed by atoms with Crippen molar-refractivity contribution in [3.8, 4) is 10.6 Å². The van der Waals surface area contributed by atoms with Crippen molar-refractivity contribution in [2.75, 3.05) is 30.4 Å². The molecule has 0 atom stereocenters. The molecule has 2 aromatic heterocycles. The summed E-state index contributed by atoms with van der Waals surface area (Å²) in [6.07, 6.45) is -1.30. The molecular weight excluding hydrogens is 460 g/mol. The number of benzene rings is 1. The van der Waals surface area contributed by atoms with Gasteiger partial charge in [-0.3, -0.25) is 0 Å². The molecule has 3 heterocycles. The number of carboxylic acids is 1. The van der Waals surface area contributed by atoms with Gasteiger partial charge < -0.3 is 15.3 Å². The van der Waals surface area contributed by atoms with Crippen molar-refractivity contribution < 1.29 is 27.5 Å². The minimum atomic E-state index is -4.79. The van der Waals surface area contributed by atoms with Gasteiger partial charge in [-0.1, -0.05) is 6.07 Å². The molecule has 4 rings (SSSR count). The van der Waals surface area contributed by atoms with Gasteiger partial charge in [0.1, 0.15) is 22.8 Å². The van der Waals surface area contributed by atoms with Gasteiger partial charge in [0.25, 0.3) is 0 Å². The third kappa shape index (κ3) is 4.92. The van der Waals surface area contributed by atoms with Gasteiger partial charge >= 0.3 is 12.1 Å². The minimum absolute atomic E-state index is 0.0648. The first kappa shape index (κ1) is 23.0. The number of anilines is 2. The lowest BCUT2D eigenvalue weighted by atomic mass is 9.98. The number of carbonyl (C=O) groups is 1. The van der Waals surface area contributed by atoms with Crippen LogP contribution in [-0.4, -0.2) is 41.2 Å². The predicted octanol–water partition coefficient (Wildman–Crippen LogP) is 5.10. The number of thiophene rings is 1. The van der Waals surface area contributed by atoms with Gasteiger partial charge in [0.15, 0.2) is 0 Å². The fraction of sp³-hybridized carbons (Fsp3) is 0.318. The SMILES string of the molecule is CN1CCCc2cc(CCNc3cc(-c4cc(C(F)(F)F)c(C(=O)O)s4)ncn3)c(F)cc21. The Bertz CT molecular complexity index is 1200. The molecule has 3 aromatic rings.